The lowest BCUT2D eigenvalue weighted by atomic mass is 10.1. The molecule has 2 aliphatic rings. The van der Waals surface area contributed by atoms with Gasteiger partial charge in [-0.1, -0.05) is 12.1 Å². The van der Waals surface area contributed by atoms with Crippen LogP contribution in [0.5, 0.6) is 0 Å². The Hall–Kier alpha value is -1.99. The average molecular weight is 270 g/mol. The highest BCUT2D eigenvalue weighted by atomic mass is 16.5. The summed E-state index contributed by atoms with van der Waals surface area (Å²) in [6, 6.07) is 8.04. The van der Waals surface area contributed by atoms with Crippen molar-refractivity contribution in [3.63, 3.8) is 0 Å². The number of hydrogen-bond acceptors (Lipinski definition) is 3. The third-order valence-electron chi connectivity index (χ3n) is 3.89. The molecule has 4 heteroatoms. The molecule has 0 aliphatic carbocycles. The molecule has 1 atom stereocenters. The Morgan fingerprint density at radius 3 is 2.55 bits per heavy atom. The number of ether oxygens (including phenoxy) is 1. The van der Waals surface area contributed by atoms with E-state index in [1.807, 2.05) is 23.1 Å². The van der Waals surface area contributed by atoms with E-state index in [1.54, 1.807) is 0 Å². The zero-order chi connectivity index (χ0) is 13.9. The Kier molecular flexibility index (Phi) is 3.62. The first-order valence-electron chi connectivity index (χ1n) is 6.98. The molecular formula is C16H18N2O2. The summed E-state index contributed by atoms with van der Waals surface area (Å²) in [7, 11) is 0. The van der Waals surface area contributed by atoms with Gasteiger partial charge in [-0.3, -0.25) is 4.79 Å². The molecule has 4 nitrogen and oxygen atoms in total. The third-order valence-corrected chi connectivity index (χ3v) is 3.89. The summed E-state index contributed by atoms with van der Waals surface area (Å²) in [6.45, 7) is 3.80. The quantitative estimate of drug-likeness (QED) is 0.764. The van der Waals surface area contributed by atoms with E-state index in [0.29, 0.717) is 13.0 Å². The predicted octanol–water partition coefficient (Wildman–Crippen LogP) is 1.51. The zero-order valence-corrected chi connectivity index (χ0v) is 11.4. The van der Waals surface area contributed by atoms with E-state index in [-0.39, 0.29) is 11.8 Å². The zero-order valence-electron chi connectivity index (χ0n) is 11.4. The minimum Gasteiger partial charge on any atom is -0.378 e. The van der Waals surface area contributed by atoms with E-state index in [4.69, 9.17) is 11.2 Å². The summed E-state index contributed by atoms with van der Waals surface area (Å²) in [4.78, 5) is 16.3. The van der Waals surface area contributed by atoms with Gasteiger partial charge < -0.3 is 14.5 Å². The maximum absolute atomic E-state index is 12.2. The molecular weight excluding hydrogens is 252 g/mol. The molecule has 1 aromatic carbocycles. The van der Waals surface area contributed by atoms with Crippen molar-refractivity contribution in [1.82, 2.24) is 0 Å². The minimum absolute atomic E-state index is 0.0280. The highest BCUT2D eigenvalue weighted by Gasteiger charge is 2.31. The van der Waals surface area contributed by atoms with Crippen LogP contribution in [-0.2, 0) is 9.53 Å². The largest absolute Gasteiger partial charge is 0.378 e. The number of rotatable bonds is 2. The average Bonchev–Trinajstić information content (AvgIpc) is 2.89. The van der Waals surface area contributed by atoms with Gasteiger partial charge in [-0.25, -0.2) is 0 Å². The molecule has 0 saturated carbocycles. The Bertz CT molecular complexity index is 544. The van der Waals surface area contributed by atoms with E-state index >= 15 is 0 Å². The summed E-state index contributed by atoms with van der Waals surface area (Å²) in [5, 5.41) is 0. The summed E-state index contributed by atoms with van der Waals surface area (Å²) < 4.78 is 5.39. The maximum atomic E-state index is 12.2. The molecule has 2 saturated heterocycles. The lowest BCUT2D eigenvalue weighted by Crippen LogP contribution is -2.37. The predicted molar refractivity (Wildman–Crippen MR) is 78.8 cm³/mol. The van der Waals surface area contributed by atoms with Crippen molar-refractivity contribution in [3.8, 4) is 12.3 Å². The van der Waals surface area contributed by atoms with E-state index in [9.17, 15) is 4.79 Å². The third kappa shape index (κ3) is 2.37. The van der Waals surface area contributed by atoms with Gasteiger partial charge in [0.15, 0.2) is 0 Å². The first kappa shape index (κ1) is 13.0. The van der Waals surface area contributed by atoms with E-state index in [0.717, 1.165) is 37.7 Å². The van der Waals surface area contributed by atoms with Crippen molar-refractivity contribution in [3.05, 3.63) is 24.3 Å². The first-order valence-corrected chi connectivity index (χ1v) is 6.98. The van der Waals surface area contributed by atoms with Crippen LogP contribution in [0.15, 0.2) is 24.3 Å². The molecule has 20 heavy (non-hydrogen) atoms. The van der Waals surface area contributed by atoms with Crippen LogP contribution in [0.4, 0.5) is 11.4 Å². The highest BCUT2D eigenvalue weighted by molar-refractivity contribution is 5.99. The van der Waals surface area contributed by atoms with Crippen molar-refractivity contribution >= 4 is 17.3 Å². The molecule has 3 rings (SSSR count). The second kappa shape index (κ2) is 5.56. The second-order valence-corrected chi connectivity index (χ2v) is 5.16. The van der Waals surface area contributed by atoms with Crippen LogP contribution in [0.2, 0.25) is 0 Å². The van der Waals surface area contributed by atoms with Crippen molar-refractivity contribution in [2.75, 3.05) is 42.6 Å². The van der Waals surface area contributed by atoms with Crippen molar-refractivity contribution < 1.29 is 9.53 Å². The minimum atomic E-state index is 0.0280. The van der Waals surface area contributed by atoms with Crippen LogP contribution < -0.4 is 9.80 Å². The van der Waals surface area contributed by atoms with Crippen molar-refractivity contribution in [2.45, 2.75) is 6.42 Å². The molecule has 1 aromatic rings. The molecule has 104 valence electrons. The van der Waals surface area contributed by atoms with E-state index in [1.165, 1.54) is 0 Å². The van der Waals surface area contributed by atoms with Gasteiger partial charge in [0.05, 0.1) is 24.6 Å². The van der Waals surface area contributed by atoms with Gasteiger partial charge in [0.1, 0.15) is 0 Å². The van der Waals surface area contributed by atoms with Gasteiger partial charge in [0.2, 0.25) is 5.91 Å². The van der Waals surface area contributed by atoms with Gasteiger partial charge in [-0.15, -0.1) is 12.3 Å². The number of para-hydroxylation sites is 2. The lowest BCUT2D eigenvalue weighted by Gasteiger charge is -2.32. The molecule has 2 fully saturated rings. The molecule has 0 radical (unpaired) electrons. The molecule has 2 heterocycles. The normalized spacial score (nSPS) is 22.9. The topological polar surface area (TPSA) is 32.8 Å². The van der Waals surface area contributed by atoms with Crippen LogP contribution in [0.3, 0.4) is 0 Å². The molecule has 2 aliphatic heterocycles. The van der Waals surface area contributed by atoms with Gasteiger partial charge in [0, 0.05) is 32.0 Å². The Morgan fingerprint density at radius 2 is 1.90 bits per heavy atom. The molecule has 0 aromatic heterocycles. The van der Waals surface area contributed by atoms with E-state index in [2.05, 4.69) is 16.9 Å². The SMILES string of the molecule is C#CC1CC(=O)N(c2ccccc2N2CCOCC2)C1. The van der Waals surface area contributed by atoms with Gasteiger partial charge in [0.25, 0.3) is 0 Å². The molecule has 0 bridgehead atoms. The van der Waals surface area contributed by atoms with Crippen LogP contribution >= 0.6 is 0 Å². The van der Waals surface area contributed by atoms with Crippen molar-refractivity contribution in [1.29, 1.82) is 0 Å². The van der Waals surface area contributed by atoms with Crippen LogP contribution in [0.1, 0.15) is 6.42 Å². The number of anilines is 2. The van der Waals surface area contributed by atoms with Gasteiger partial charge >= 0.3 is 0 Å². The summed E-state index contributed by atoms with van der Waals surface area (Å²) in [5.41, 5.74) is 2.07. The number of hydrogen-bond donors (Lipinski definition) is 0. The monoisotopic (exact) mass is 270 g/mol. The standard InChI is InChI=1S/C16H18N2O2/c1-2-13-11-16(19)18(12-13)15-6-4-3-5-14(15)17-7-9-20-10-8-17/h1,3-6,13H,7-12H2. The highest BCUT2D eigenvalue weighted by Crippen LogP contribution is 2.33. The smallest absolute Gasteiger partial charge is 0.228 e. The fourth-order valence-corrected chi connectivity index (χ4v) is 2.82. The molecule has 0 spiro atoms. The fraction of sp³-hybridized carbons (Fsp3) is 0.438. The lowest BCUT2D eigenvalue weighted by molar-refractivity contribution is -0.117. The van der Waals surface area contributed by atoms with Crippen molar-refractivity contribution in [2.24, 2.45) is 5.92 Å². The molecule has 0 N–H and O–H groups in total. The molecule has 1 unspecified atom stereocenters. The number of amides is 1. The number of nitrogens with zero attached hydrogens (tertiary/aromatic N) is 2. The maximum Gasteiger partial charge on any atom is 0.228 e. The van der Waals surface area contributed by atoms with Crippen LogP contribution in [-0.4, -0.2) is 38.8 Å². The number of morpholine rings is 1. The van der Waals surface area contributed by atoms with E-state index < -0.39 is 0 Å². The summed E-state index contributed by atoms with van der Waals surface area (Å²) >= 11 is 0. The molecule has 1 amide bonds. The first-order chi connectivity index (χ1) is 9.79. The number of carbonyl (C=O) groups is 1. The second-order valence-electron chi connectivity index (χ2n) is 5.16. The van der Waals surface area contributed by atoms with Gasteiger partial charge in [-0.05, 0) is 12.1 Å². The fourth-order valence-electron chi connectivity index (χ4n) is 2.82. The number of benzene rings is 1. The summed E-state index contributed by atoms with van der Waals surface area (Å²) in [6.07, 6.45) is 5.91. The Labute approximate surface area is 119 Å². The number of terminal acetylenes is 1. The Morgan fingerprint density at radius 1 is 1.20 bits per heavy atom. The Balaban J connectivity index is 1.90. The van der Waals surface area contributed by atoms with Crippen LogP contribution in [0, 0.1) is 18.3 Å². The van der Waals surface area contributed by atoms with Gasteiger partial charge in [-0.2, -0.15) is 0 Å². The van der Waals surface area contributed by atoms with Crippen LogP contribution in [0.25, 0.3) is 0 Å². The summed E-state index contributed by atoms with van der Waals surface area (Å²) in [5.74, 6) is 2.84. The number of carbonyl (C=O) groups excluding carboxylic acids is 1.